The lowest BCUT2D eigenvalue weighted by Crippen LogP contribution is -2.17. The Labute approximate surface area is 167 Å². The van der Waals surface area contributed by atoms with Gasteiger partial charge in [0.25, 0.3) is 5.91 Å². The smallest absolute Gasteiger partial charge is 0.338 e. The second-order valence-corrected chi connectivity index (χ2v) is 5.93. The van der Waals surface area contributed by atoms with E-state index in [9.17, 15) is 9.59 Å². The minimum Gasteiger partial charge on any atom is -0.497 e. The number of methoxy groups -OCH3 is 1. The van der Waals surface area contributed by atoms with E-state index in [4.69, 9.17) is 13.9 Å². The van der Waals surface area contributed by atoms with E-state index in [1.165, 1.54) is 13.3 Å². The lowest BCUT2D eigenvalue weighted by Gasteiger charge is -2.03. The van der Waals surface area contributed by atoms with Crippen LogP contribution in [0.3, 0.4) is 0 Å². The molecule has 0 aliphatic carbocycles. The second kappa shape index (κ2) is 9.36. The highest BCUT2D eigenvalue weighted by Gasteiger charge is 2.10. The van der Waals surface area contributed by atoms with E-state index in [-0.39, 0.29) is 11.9 Å². The molecular weight excluding hydrogens is 372 g/mol. The summed E-state index contributed by atoms with van der Waals surface area (Å²) in [7, 11) is 1.53. The zero-order chi connectivity index (χ0) is 20.6. The van der Waals surface area contributed by atoms with Crippen LogP contribution in [0.15, 0.2) is 70.2 Å². The molecule has 2 aromatic carbocycles. The third-order valence-corrected chi connectivity index (χ3v) is 3.97. The van der Waals surface area contributed by atoms with Crippen LogP contribution in [-0.2, 0) is 4.74 Å². The molecule has 1 amide bonds. The zero-order valence-electron chi connectivity index (χ0n) is 16.0. The lowest BCUT2D eigenvalue weighted by molar-refractivity contribution is 0.0526. The highest BCUT2D eigenvalue weighted by Crippen LogP contribution is 2.23. The molecule has 0 unspecified atom stereocenters. The van der Waals surface area contributed by atoms with Gasteiger partial charge in [-0.2, -0.15) is 5.10 Å². The van der Waals surface area contributed by atoms with Gasteiger partial charge in [0, 0.05) is 11.1 Å². The first kappa shape index (κ1) is 19.9. The van der Waals surface area contributed by atoms with Crippen LogP contribution in [0.25, 0.3) is 11.3 Å². The van der Waals surface area contributed by atoms with Crippen LogP contribution in [0.4, 0.5) is 0 Å². The summed E-state index contributed by atoms with van der Waals surface area (Å²) in [5.41, 5.74) is 4.05. The van der Waals surface area contributed by atoms with Crippen molar-refractivity contribution in [3.8, 4) is 17.1 Å². The molecule has 1 N–H and O–H groups in total. The first-order valence-electron chi connectivity index (χ1n) is 8.95. The first-order valence-corrected chi connectivity index (χ1v) is 8.95. The number of rotatable bonds is 7. The van der Waals surface area contributed by atoms with Crippen LogP contribution in [0.2, 0.25) is 0 Å². The molecule has 7 heteroatoms. The van der Waals surface area contributed by atoms with E-state index < -0.39 is 0 Å². The van der Waals surface area contributed by atoms with Crippen molar-refractivity contribution in [1.82, 2.24) is 5.43 Å². The Hall–Kier alpha value is -3.87. The number of benzene rings is 2. The van der Waals surface area contributed by atoms with Gasteiger partial charge in [0.2, 0.25) is 0 Å². The van der Waals surface area contributed by atoms with E-state index in [2.05, 4.69) is 10.5 Å². The quantitative estimate of drug-likeness (QED) is 0.374. The molecule has 0 aliphatic rings. The van der Waals surface area contributed by atoms with E-state index in [0.717, 1.165) is 5.56 Å². The van der Waals surface area contributed by atoms with Gasteiger partial charge in [-0.1, -0.05) is 18.2 Å². The van der Waals surface area contributed by atoms with Crippen molar-refractivity contribution in [2.24, 2.45) is 5.10 Å². The summed E-state index contributed by atoms with van der Waals surface area (Å²) in [6, 6.07) is 17.2. The fourth-order valence-electron chi connectivity index (χ4n) is 2.57. The molecule has 1 aromatic heterocycles. The average Bonchev–Trinajstić information content (AvgIpc) is 3.23. The van der Waals surface area contributed by atoms with Gasteiger partial charge in [-0.15, -0.1) is 0 Å². The Morgan fingerprint density at radius 1 is 1.07 bits per heavy atom. The molecule has 1 heterocycles. The maximum Gasteiger partial charge on any atom is 0.338 e. The van der Waals surface area contributed by atoms with Crippen LogP contribution in [0.1, 0.15) is 33.4 Å². The fraction of sp³-hybridized carbons (Fsp3) is 0.136. The van der Waals surface area contributed by atoms with Crippen LogP contribution in [0.5, 0.6) is 5.75 Å². The highest BCUT2D eigenvalue weighted by molar-refractivity contribution is 5.95. The number of carbonyl (C=O) groups excluding carboxylic acids is 2. The van der Waals surface area contributed by atoms with Crippen LogP contribution in [0, 0.1) is 0 Å². The van der Waals surface area contributed by atoms with Crippen molar-refractivity contribution >= 4 is 18.1 Å². The Morgan fingerprint density at radius 3 is 2.66 bits per heavy atom. The number of esters is 1. The summed E-state index contributed by atoms with van der Waals surface area (Å²) in [6.07, 6.45) is 1.40. The molecule has 0 bridgehead atoms. The van der Waals surface area contributed by atoms with E-state index >= 15 is 0 Å². The van der Waals surface area contributed by atoms with Crippen molar-refractivity contribution < 1.29 is 23.5 Å². The summed E-state index contributed by atoms with van der Waals surface area (Å²) in [4.78, 5) is 24.0. The van der Waals surface area contributed by atoms with Gasteiger partial charge in [-0.3, -0.25) is 4.79 Å². The SMILES string of the molecule is CCOC(=O)c1cccc(-c2ccc(/C=N\NC(=O)c3cccc(OC)c3)o2)c1. The predicted octanol–water partition coefficient (Wildman–Crippen LogP) is 3.90. The molecule has 29 heavy (non-hydrogen) atoms. The van der Waals surface area contributed by atoms with Gasteiger partial charge in [0.1, 0.15) is 17.3 Å². The van der Waals surface area contributed by atoms with Crippen molar-refractivity contribution in [3.05, 3.63) is 77.6 Å². The molecule has 0 atom stereocenters. The Kier molecular flexibility index (Phi) is 6.42. The maximum atomic E-state index is 12.1. The van der Waals surface area contributed by atoms with Crippen LogP contribution in [-0.4, -0.2) is 31.8 Å². The number of nitrogens with one attached hydrogen (secondary N) is 1. The number of carbonyl (C=O) groups is 2. The van der Waals surface area contributed by atoms with Crippen molar-refractivity contribution in [1.29, 1.82) is 0 Å². The first-order chi connectivity index (χ1) is 14.1. The third-order valence-electron chi connectivity index (χ3n) is 3.97. The average molecular weight is 392 g/mol. The number of furan rings is 1. The monoisotopic (exact) mass is 392 g/mol. The number of hydrazone groups is 1. The van der Waals surface area contributed by atoms with Crippen LogP contribution >= 0.6 is 0 Å². The summed E-state index contributed by atoms with van der Waals surface area (Å²) < 4.78 is 15.8. The molecule has 0 aliphatic heterocycles. The zero-order valence-corrected chi connectivity index (χ0v) is 16.0. The van der Waals surface area contributed by atoms with E-state index in [0.29, 0.717) is 35.0 Å². The summed E-state index contributed by atoms with van der Waals surface area (Å²) in [6.45, 7) is 2.07. The number of hydrogen-bond donors (Lipinski definition) is 1. The molecule has 0 saturated heterocycles. The molecule has 7 nitrogen and oxygen atoms in total. The van der Waals surface area contributed by atoms with Gasteiger partial charge >= 0.3 is 5.97 Å². The Morgan fingerprint density at radius 2 is 1.86 bits per heavy atom. The van der Waals surface area contributed by atoms with Gasteiger partial charge in [0.05, 0.1) is 25.5 Å². The molecule has 148 valence electrons. The van der Waals surface area contributed by atoms with E-state index in [1.807, 2.05) is 6.07 Å². The van der Waals surface area contributed by atoms with Crippen molar-refractivity contribution in [2.45, 2.75) is 6.92 Å². The van der Waals surface area contributed by atoms with Gasteiger partial charge in [-0.25, -0.2) is 10.2 Å². The van der Waals surface area contributed by atoms with Crippen molar-refractivity contribution in [2.75, 3.05) is 13.7 Å². The second-order valence-electron chi connectivity index (χ2n) is 5.93. The number of amides is 1. The molecule has 3 aromatic rings. The summed E-state index contributed by atoms with van der Waals surface area (Å²) in [5.74, 6) is 0.851. The Bertz CT molecular complexity index is 1040. The number of nitrogens with zero attached hydrogens (tertiary/aromatic N) is 1. The predicted molar refractivity (Wildman–Crippen MR) is 108 cm³/mol. The standard InChI is InChI=1S/C22H20N2O5/c1-3-28-22(26)17-8-4-6-15(12-17)20-11-10-19(29-20)14-23-24-21(25)16-7-5-9-18(13-16)27-2/h4-14H,3H2,1-2H3,(H,24,25)/b23-14-. The molecule has 3 rings (SSSR count). The normalized spacial score (nSPS) is 10.7. The number of ether oxygens (including phenoxy) is 2. The van der Waals surface area contributed by atoms with Gasteiger partial charge in [-0.05, 0) is 49.4 Å². The van der Waals surface area contributed by atoms with Crippen molar-refractivity contribution in [3.63, 3.8) is 0 Å². The highest BCUT2D eigenvalue weighted by atomic mass is 16.5. The molecule has 0 saturated carbocycles. The van der Waals surface area contributed by atoms with E-state index in [1.54, 1.807) is 61.5 Å². The Balaban J connectivity index is 1.66. The molecular formula is C22H20N2O5. The largest absolute Gasteiger partial charge is 0.497 e. The summed E-state index contributed by atoms with van der Waals surface area (Å²) >= 11 is 0. The third kappa shape index (κ3) is 5.10. The molecule has 0 radical (unpaired) electrons. The molecule has 0 fully saturated rings. The summed E-state index contributed by atoms with van der Waals surface area (Å²) in [5, 5.41) is 3.92. The van der Waals surface area contributed by atoms with Crippen LogP contribution < -0.4 is 10.2 Å². The maximum absolute atomic E-state index is 12.1. The minimum atomic E-state index is -0.386. The lowest BCUT2D eigenvalue weighted by atomic mass is 10.1. The van der Waals surface area contributed by atoms with Gasteiger partial charge in [0.15, 0.2) is 0 Å². The molecule has 0 spiro atoms. The fourth-order valence-corrected chi connectivity index (χ4v) is 2.57. The topological polar surface area (TPSA) is 90.1 Å². The number of hydrogen-bond acceptors (Lipinski definition) is 6. The van der Waals surface area contributed by atoms with Gasteiger partial charge < -0.3 is 13.9 Å². The minimum absolute atomic E-state index is 0.311.